The molecule has 1 fully saturated rings. The van der Waals surface area contributed by atoms with Crippen molar-refractivity contribution in [3.63, 3.8) is 0 Å². The van der Waals surface area contributed by atoms with Crippen LogP contribution in [0.25, 0.3) is 11.6 Å². The van der Waals surface area contributed by atoms with Gasteiger partial charge in [0.1, 0.15) is 11.4 Å². The molecule has 1 saturated heterocycles. The number of aliphatic hydroxyl groups excluding tert-OH is 1. The molecule has 3 heterocycles. The number of anilines is 2. The third-order valence-electron chi connectivity index (χ3n) is 5.46. The Morgan fingerprint density at radius 2 is 2.24 bits per heavy atom. The van der Waals surface area contributed by atoms with Gasteiger partial charge in [-0.15, -0.1) is 0 Å². The molecule has 29 heavy (non-hydrogen) atoms. The summed E-state index contributed by atoms with van der Waals surface area (Å²) in [6.07, 6.45) is 5.04. The van der Waals surface area contributed by atoms with Gasteiger partial charge in [0.25, 0.3) is 11.6 Å². The first kappa shape index (κ1) is 19.0. The number of hydrogen-bond acceptors (Lipinski definition) is 6. The van der Waals surface area contributed by atoms with Crippen molar-refractivity contribution in [3.8, 4) is 5.75 Å². The number of aliphatic hydroxyl groups is 1. The van der Waals surface area contributed by atoms with E-state index in [0.29, 0.717) is 47.0 Å². The van der Waals surface area contributed by atoms with Crippen molar-refractivity contribution in [2.24, 2.45) is 5.92 Å². The lowest BCUT2D eigenvalue weighted by atomic mass is 9.95. The van der Waals surface area contributed by atoms with Crippen LogP contribution >= 0.6 is 0 Å². The third kappa shape index (κ3) is 3.33. The minimum Gasteiger partial charge on any atom is -0.495 e. The van der Waals surface area contributed by atoms with E-state index >= 15 is 0 Å². The number of ether oxygens (including phenoxy) is 1. The van der Waals surface area contributed by atoms with E-state index in [9.17, 15) is 20.0 Å². The molecule has 4 rings (SSSR count). The molecule has 1 aromatic heterocycles. The van der Waals surface area contributed by atoms with Crippen LogP contribution in [0.1, 0.15) is 24.1 Å². The minimum atomic E-state index is -0.423. The van der Waals surface area contributed by atoms with Crippen LogP contribution < -0.4 is 15.0 Å². The summed E-state index contributed by atoms with van der Waals surface area (Å²) in [5, 5.41) is 24.2. The van der Waals surface area contributed by atoms with E-state index in [1.54, 1.807) is 24.4 Å². The second kappa shape index (κ2) is 7.59. The molecule has 0 radical (unpaired) electrons. The fourth-order valence-electron chi connectivity index (χ4n) is 4.09. The van der Waals surface area contributed by atoms with E-state index in [4.69, 9.17) is 4.74 Å². The summed E-state index contributed by atoms with van der Waals surface area (Å²) < 4.78 is 5.30. The van der Waals surface area contributed by atoms with E-state index in [1.807, 2.05) is 4.90 Å². The van der Waals surface area contributed by atoms with Crippen molar-refractivity contribution < 1.29 is 19.6 Å². The molecule has 0 bridgehead atoms. The molecule has 9 heteroatoms. The van der Waals surface area contributed by atoms with Gasteiger partial charge in [0.15, 0.2) is 0 Å². The number of aromatic nitrogens is 1. The number of H-pyrrole nitrogens is 1. The Bertz CT molecular complexity index is 997. The monoisotopic (exact) mass is 398 g/mol. The second-order valence-corrected chi connectivity index (χ2v) is 7.22. The number of rotatable bonds is 5. The number of piperidine rings is 1. The highest BCUT2D eigenvalue weighted by Gasteiger charge is 2.36. The molecule has 3 N–H and O–H groups in total. The third-order valence-corrected chi connectivity index (χ3v) is 5.46. The predicted molar refractivity (Wildman–Crippen MR) is 109 cm³/mol. The topological polar surface area (TPSA) is 121 Å². The summed E-state index contributed by atoms with van der Waals surface area (Å²) in [5.74, 6) is 0.290. The van der Waals surface area contributed by atoms with Gasteiger partial charge >= 0.3 is 0 Å². The lowest BCUT2D eigenvalue weighted by Crippen LogP contribution is -2.37. The summed E-state index contributed by atoms with van der Waals surface area (Å²) in [5.41, 5.74) is 2.36. The predicted octanol–water partition coefficient (Wildman–Crippen LogP) is 2.63. The maximum atomic E-state index is 12.7. The summed E-state index contributed by atoms with van der Waals surface area (Å²) in [4.78, 5) is 29.1. The molecule has 2 aliphatic heterocycles. The van der Waals surface area contributed by atoms with E-state index in [2.05, 4.69) is 10.3 Å². The molecular formula is C20H22N4O5. The lowest BCUT2D eigenvalue weighted by Gasteiger charge is -2.34. The minimum absolute atomic E-state index is 0.0267. The maximum Gasteiger partial charge on any atom is 0.293 e. The van der Waals surface area contributed by atoms with Crippen LogP contribution in [0.3, 0.4) is 0 Å². The SMILES string of the molecule is COc1cc[nH]c1/C=C1\C(=O)Nc2ccc([N+](=O)[O-])c(N3CCCC(CO)C3)c21. The first-order valence-corrected chi connectivity index (χ1v) is 9.45. The van der Waals surface area contributed by atoms with E-state index in [-0.39, 0.29) is 24.1 Å². The Labute approximate surface area is 167 Å². The van der Waals surface area contributed by atoms with Crippen molar-refractivity contribution in [2.45, 2.75) is 12.8 Å². The van der Waals surface area contributed by atoms with Crippen LogP contribution in [0.15, 0.2) is 24.4 Å². The van der Waals surface area contributed by atoms with E-state index in [0.717, 1.165) is 12.8 Å². The number of nitrogens with zero attached hydrogens (tertiary/aromatic N) is 2. The second-order valence-electron chi connectivity index (χ2n) is 7.22. The Kier molecular flexibility index (Phi) is 4.98. The lowest BCUT2D eigenvalue weighted by molar-refractivity contribution is -0.384. The average Bonchev–Trinajstić information content (AvgIpc) is 3.31. The summed E-state index contributed by atoms with van der Waals surface area (Å²) in [6, 6.07) is 4.73. The van der Waals surface area contributed by atoms with Gasteiger partial charge < -0.3 is 25.0 Å². The first-order valence-electron chi connectivity index (χ1n) is 9.45. The first-order chi connectivity index (χ1) is 14.0. The van der Waals surface area contributed by atoms with Crippen LogP contribution in [-0.2, 0) is 4.79 Å². The number of fused-ring (bicyclic) bond motifs is 1. The van der Waals surface area contributed by atoms with Crippen LogP contribution in [0.4, 0.5) is 17.1 Å². The number of hydrogen-bond donors (Lipinski definition) is 3. The zero-order chi connectivity index (χ0) is 20.5. The van der Waals surface area contributed by atoms with Crippen molar-refractivity contribution in [2.75, 3.05) is 37.0 Å². The number of nitrogens with one attached hydrogen (secondary N) is 2. The quantitative estimate of drug-likeness (QED) is 0.404. The van der Waals surface area contributed by atoms with Gasteiger partial charge in [0.2, 0.25) is 0 Å². The molecule has 1 atom stereocenters. The molecule has 1 amide bonds. The van der Waals surface area contributed by atoms with E-state index in [1.165, 1.54) is 13.2 Å². The average molecular weight is 398 g/mol. The molecular weight excluding hydrogens is 376 g/mol. The number of aromatic amines is 1. The highest BCUT2D eigenvalue weighted by Crippen LogP contribution is 2.46. The number of methoxy groups -OCH3 is 1. The van der Waals surface area contributed by atoms with Crippen LogP contribution in [0.5, 0.6) is 5.75 Å². The summed E-state index contributed by atoms with van der Waals surface area (Å²) >= 11 is 0. The smallest absolute Gasteiger partial charge is 0.293 e. The van der Waals surface area contributed by atoms with Gasteiger partial charge in [-0.05, 0) is 37.0 Å². The highest BCUT2D eigenvalue weighted by molar-refractivity contribution is 6.36. The maximum absolute atomic E-state index is 12.7. The molecule has 0 spiro atoms. The van der Waals surface area contributed by atoms with Crippen molar-refractivity contribution in [1.82, 2.24) is 4.98 Å². The largest absolute Gasteiger partial charge is 0.495 e. The van der Waals surface area contributed by atoms with Crippen LogP contribution in [-0.4, -0.2) is 47.7 Å². The normalized spacial score (nSPS) is 19.9. The van der Waals surface area contributed by atoms with Crippen molar-refractivity contribution in [1.29, 1.82) is 0 Å². The standard InChI is InChI=1S/C20H22N4O5/c1-29-17-6-7-21-15(17)9-13-18-14(22-20(13)26)4-5-16(24(27)28)19(18)23-8-2-3-12(10-23)11-25/h4-7,9,12,21,25H,2-3,8,10-11H2,1H3,(H,22,26)/b13-9-. The number of carbonyl (C=O) groups excluding carboxylic acids is 1. The fourth-order valence-corrected chi connectivity index (χ4v) is 4.09. The molecule has 0 saturated carbocycles. The molecule has 2 aliphatic rings. The Morgan fingerprint density at radius 1 is 1.41 bits per heavy atom. The van der Waals surface area contributed by atoms with Crippen LogP contribution in [0, 0.1) is 16.0 Å². The summed E-state index contributed by atoms with van der Waals surface area (Å²) in [6.45, 7) is 1.15. The van der Waals surface area contributed by atoms with Crippen molar-refractivity contribution >= 4 is 34.6 Å². The molecule has 2 aromatic rings. The van der Waals surface area contributed by atoms with Gasteiger partial charge in [0, 0.05) is 37.5 Å². The van der Waals surface area contributed by atoms with Gasteiger partial charge in [0.05, 0.1) is 29.0 Å². The summed E-state index contributed by atoms with van der Waals surface area (Å²) in [7, 11) is 1.53. The Balaban J connectivity index is 1.89. The number of nitro benzene ring substituents is 1. The Morgan fingerprint density at radius 3 is 2.97 bits per heavy atom. The van der Waals surface area contributed by atoms with Gasteiger partial charge in [-0.3, -0.25) is 14.9 Å². The number of amides is 1. The zero-order valence-corrected chi connectivity index (χ0v) is 16.0. The molecule has 9 nitrogen and oxygen atoms in total. The Hall–Kier alpha value is -3.33. The van der Waals surface area contributed by atoms with Crippen molar-refractivity contribution in [3.05, 3.63) is 45.8 Å². The molecule has 1 aromatic carbocycles. The zero-order valence-electron chi connectivity index (χ0n) is 16.0. The number of carbonyl (C=O) groups is 1. The molecule has 1 unspecified atom stereocenters. The van der Waals surface area contributed by atoms with Crippen LogP contribution in [0.2, 0.25) is 0 Å². The fraction of sp³-hybridized carbons (Fsp3) is 0.350. The molecule has 152 valence electrons. The van der Waals surface area contributed by atoms with Gasteiger partial charge in [-0.1, -0.05) is 0 Å². The van der Waals surface area contributed by atoms with E-state index < -0.39 is 4.92 Å². The number of nitro groups is 1. The van der Waals surface area contributed by atoms with Gasteiger partial charge in [-0.2, -0.15) is 0 Å². The highest BCUT2D eigenvalue weighted by atomic mass is 16.6. The molecule has 0 aliphatic carbocycles. The number of benzene rings is 1. The van der Waals surface area contributed by atoms with Gasteiger partial charge in [-0.25, -0.2) is 0 Å².